The maximum atomic E-state index is 14.4. The lowest BCUT2D eigenvalue weighted by Gasteiger charge is -2.35. The van der Waals surface area contributed by atoms with Crippen LogP contribution in [0.5, 0.6) is 0 Å². The molecule has 6 heterocycles. The number of aromatic nitrogens is 2. The molecule has 0 spiro atoms. The number of unbranched alkanes of at least 4 members (excludes halogenated alkanes) is 1. The monoisotopic (exact) mass is 1200 g/mol. The molecule has 29 heteroatoms. The minimum absolute atomic E-state index is 0.0439. The molecule has 11 N–H and O–H groups in total. The number of carbonyl (C=O) groups excluding carboxylic acids is 10. The number of esters is 1. The Morgan fingerprint density at radius 3 is 2.32 bits per heavy atom. The minimum atomic E-state index is -1.95. The number of aliphatic imine (C=N–C) groups is 1. The standard InChI is InChI=1S/C56H60N12O15S2/c1-2-56(35-24-41-45-30(23-29-9-3-4-12-36(29)64-45)27-67(41)48(73)34(35)28-82-52(56)77)83-55(79)81-20-22-85-84-21-19-80-54(78)66-37-16-15-33-44-31(37)10-7-11-32(44)49(74)68(50(33)75)51(76)40-25-42(69)62-39(13-5-6-17-57)47(72)65-38(14-8-18-60-53(58)59)46(71)61-26-43(70)63-40/h3-4,7,9-12,15-16,23-24,38-40H,2,5-6,8,13-14,17-22,25-28,57H2,1H3,(H,61,71)(H,62,69)(H,63,70)(H,65,72)(H,66,78)(H4,58,59,60)/t38-,39-,40?,56-/m0/s1. The Labute approximate surface area is 492 Å². The molecule has 1 unspecified atom stereocenters. The van der Waals surface area contributed by atoms with Gasteiger partial charge in [-0.1, -0.05) is 58.8 Å². The molecule has 1 fully saturated rings. The van der Waals surface area contributed by atoms with E-state index in [1.165, 1.54) is 51.9 Å². The van der Waals surface area contributed by atoms with Gasteiger partial charge in [0.1, 0.15) is 37.9 Å². The molecule has 5 aromatic rings. The van der Waals surface area contributed by atoms with Crippen molar-refractivity contribution in [3.63, 3.8) is 0 Å². The summed E-state index contributed by atoms with van der Waals surface area (Å²) in [5.41, 5.74) is 17.1. The van der Waals surface area contributed by atoms with E-state index >= 15 is 0 Å². The molecule has 0 aliphatic carbocycles. The molecule has 27 nitrogen and oxygen atoms in total. The van der Waals surface area contributed by atoms with E-state index < -0.39 is 96.3 Å². The largest absolute Gasteiger partial charge is 0.509 e. The van der Waals surface area contributed by atoms with Crippen LogP contribution >= 0.6 is 21.6 Å². The van der Waals surface area contributed by atoms with Crippen molar-refractivity contribution in [1.29, 1.82) is 0 Å². The predicted octanol–water partition coefficient (Wildman–Crippen LogP) is 2.30. The molecule has 3 aromatic carbocycles. The van der Waals surface area contributed by atoms with Gasteiger partial charge in [-0.05, 0) is 81.5 Å². The van der Waals surface area contributed by atoms with Gasteiger partial charge in [0, 0.05) is 56.5 Å². The van der Waals surface area contributed by atoms with Gasteiger partial charge >= 0.3 is 18.2 Å². The van der Waals surface area contributed by atoms with E-state index in [0.29, 0.717) is 34.9 Å². The summed E-state index contributed by atoms with van der Waals surface area (Å²) < 4.78 is 23.5. The van der Waals surface area contributed by atoms with E-state index in [1.807, 2.05) is 30.3 Å². The van der Waals surface area contributed by atoms with Crippen LogP contribution in [0.2, 0.25) is 0 Å². The van der Waals surface area contributed by atoms with Crippen LogP contribution in [0.15, 0.2) is 76.5 Å². The number of hydrogen-bond acceptors (Lipinski definition) is 20. The maximum Gasteiger partial charge on any atom is 0.509 e. The van der Waals surface area contributed by atoms with Crippen LogP contribution in [0.3, 0.4) is 0 Å². The molecule has 9 rings (SSSR count). The number of fused-ring (bicyclic) bond motifs is 5. The zero-order valence-electron chi connectivity index (χ0n) is 45.9. The Balaban J connectivity index is 0.774. The van der Waals surface area contributed by atoms with Crippen LogP contribution in [0.25, 0.3) is 33.1 Å². The number of carbonyl (C=O) groups is 10. The number of anilines is 1. The van der Waals surface area contributed by atoms with Crippen molar-refractivity contribution >= 4 is 114 Å². The third kappa shape index (κ3) is 13.2. The van der Waals surface area contributed by atoms with Crippen molar-refractivity contribution in [3.8, 4) is 11.4 Å². The summed E-state index contributed by atoms with van der Waals surface area (Å²) in [4.78, 5) is 159. The highest BCUT2D eigenvalue weighted by Crippen LogP contribution is 2.42. The van der Waals surface area contributed by atoms with Gasteiger partial charge in [0.05, 0.1) is 47.7 Å². The van der Waals surface area contributed by atoms with Crippen molar-refractivity contribution in [1.82, 2.24) is 35.7 Å². The Morgan fingerprint density at radius 1 is 0.835 bits per heavy atom. The first kappa shape index (κ1) is 60.5. The van der Waals surface area contributed by atoms with Crippen LogP contribution in [-0.4, -0.2) is 142 Å². The molecule has 0 radical (unpaired) electrons. The Hall–Kier alpha value is -9.09. The molecule has 1 saturated heterocycles. The lowest BCUT2D eigenvalue weighted by Crippen LogP contribution is -2.56. The van der Waals surface area contributed by atoms with Crippen LogP contribution in [0, 0.1) is 0 Å². The lowest BCUT2D eigenvalue weighted by atomic mass is 9.85. The van der Waals surface area contributed by atoms with Crippen molar-refractivity contribution in [3.05, 3.63) is 105 Å². The lowest BCUT2D eigenvalue weighted by molar-refractivity contribution is -0.175. The van der Waals surface area contributed by atoms with Crippen LogP contribution in [-0.2, 0) is 66.5 Å². The number of rotatable bonds is 19. The van der Waals surface area contributed by atoms with Gasteiger partial charge < -0.3 is 62.0 Å². The summed E-state index contributed by atoms with van der Waals surface area (Å²) in [6.07, 6.45) is -1.64. The van der Waals surface area contributed by atoms with Gasteiger partial charge in [0.2, 0.25) is 29.2 Å². The van der Waals surface area contributed by atoms with Gasteiger partial charge in [-0.15, -0.1) is 0 Å². The van der Waals surface area contributed by atoms with Gasteiger partial charge in [0.25, 0.3) is 23.3 Å². The minimum Gasteiger partial charge on any atom is -0.457 e. The molecule has 0 saturated carbocycles. The van der Waals surface area contributed by atoms with E-state index in [2.05, 4.69) is 31.6 Å². The zero-order chi connectivity index (χ0) is 60.5. The van der Waals surface area contributed by atoms with E-state index in [1.54, 1.807) is 17.6 Å². The molecule has 85 heavy (non-hydrogen) atoms. The van der Waals surface area contributed by atoms with Gasteiger partial charge in [-0.2, -0.15) is 0 Å². The Morgan fingerprint density at radius 2 is 1.56 bits per heavy atom. The SMILES string of the molecule is CC[C@@]1(OC(=O)OCCSSCCOC(=O)Nc2ccc3c4c(cccc24)C(=O)N(C(=O)C2CC(=O)N[C@@H](CCCCN)C(=O)N[C@@H](CCCN=C(N)N)C(=O)NCC(=O)N2)C3=O)C(=O)OCc2c1cc1n(c2=O)Cc2cc3ccccc3nc2-1. The number of cyclic esters (lactones) is 1. The summed E-state index contributed by atoms with van der Waals surface area (Å²) in [6, 6.07) is 14.0. The first-order valence-electron chi connectivity index (χ1n) is 27.2. The third-order valence-electron chi connectivity index (χ3n) is 14.5. The van der Waals surface area contributed by atoms with E-state index in [9.17, 15) is 52.7 Å². The van der Waals surface area contributed by atoms with Crippen molar-refractivity contribution in [2.75, 3.05) is 49.7 Å². The molecular weight excluding hydrogens is 1140 g/mol. The summed E-state index contributed by atoms with van der Waals surface area (Å²) in [5, 5.41) is 13.8. The van der Waals surface area contributed by atoms with Crippen LogP contribution < -0.4 is 49.3 Å². The first-order valence-corrected chi connectivity index (χ1v) is 29.7. The molecule has 8 amide bonds. The smallest absolute Gasteiger partial charge is 0.457 e. The Bertz CT molecular complexity index is 3630. The number of guanidine groups is 1. The topological polar surface area (TPSA) is 396 Å². The fourth-order valence-corrected chi connectivity index (χ4v) is 12.0. The van der Waals surface area contributed by atoms with Crippen LogP contribution in [0.1, 0.15) is 89.3 Å². The number of benzene rings is 3. The number of nitrogens with one attached hydrogen (secondary N) is 5. The molecule has 4 aliphatic heterocycles. The summed E-state index contributed by atoms with van der Waals surface area (Å²) in [7, 11) is 2.60. The van der Waals surface area contributed by atoms with E-state index in [-0.39, 0.29) is 121 Å². The Kier molecular flexibility index (Phi) is 19.0. The van der Waals surface area contributed by atoms with Crippen molar-refractivity contribution in [2.24, 2.45) is 22.2 Å². The average Bonchev–Trinajstić information content (AvgIpc) is 1.97. The number of imide groups is 3. The predicted molar refractivity (Wildman–Crippen MR) is 310 cm³/mol. The number of hydrogen-bond donors (Lipinski definition) is 8. The highest BCUT2D eigenvalue weighted by Gasteiger charge is 2.51. The average molecular weight is 1210 g/mol. The third-order valence-corrected chi connectivity index (χ3v) is 16.8. The van der Waals surface area contributed by atoms with Gasteiger partial charge in [-0.25, -0.2) is 24.3 Å². The highest BCUT2D eigenvalue weighted by atomic mass is 33.1. The normalized spacial score (nSPS) is 19.3. The number of amides is 8. The highest BCUT2D eigenvalue weighted by molar-refractivity contribution is 8.76. The maximum absolute atomic E-state index is 14.4. The molecule has 2 aromatic heterocycles. The van der Waals surface area contributed by atoms with Crippen molar-refractivity contribution in [2.45, 2.75) is 88.7 Å². The second kappa shape index (κ2) is 26.7. The number of nitrogens with two attached hydrogens (primary N) is 3. The second-order valence-corrected chi connectivity index (χ2v) is 22.7. The van der Waals surface area contributed by atoms with Gasteiger partial charge in [-0.3, -0.25) is 48.7 Å². The second-order valence-electron chi connectivity index (χ2n) is 20.0. The van der Waals surface area contributed by atoms with E-state index in [0.717, 1.165) is 16.5 Å². The fourth-order valence-electron chi connectivity index (χ4n) is 10.4. The fraction of sp³-hybridized carbons (Fsp3) is 0.375. The molecule has 0 bridgehead atoms. The van der Waals surface area contributed by atoms with Gasteiger partial charge in [0.15, 0.2) is 5.96 Å². The quantitative estimate of drug-likeness (QED) is 0.0110. The number of ether oxygens (including phenoxy) is 4. The zero-order valence-corrected chi connectivity index (χ0v) is 47.5. The van der Waals surface area contributed by atoms with Crippen LogP contribution in [0.4, 0.5) is 15.3 Å². The molecule has 446 valence electrons. The molecule has 4 atom stereocenters. The number of para-hydroxylation sites is 1. The first-order chi connectivity index (χ1) is 40.9. The summed E-state index contributed by atoms with van der Waals surface area (Å²) >= 11 is 0. The van der Waals surface area contributed by atoms with Crippen molar-refractivity contribution < 1.29 is 66.9 Å². The number of nitrogens with zero attached hydrogens (tertiary/aromatic N) is 4. The molecular formula is C56H60N12O15S2. The number of pyridine rings is 2. The molecule has 4 aliphatic rings. The van der Waals surface area contributed by atoms with E-state index in [4.69, 9.17) is 41.1 Å². The summed E-state index contributed by atoms with van der Waals surface area (Å²) in [6.45, 7) is 1.10. The summed E-state index contributed by atoms with van der Waals surface area (Å²) in [5.74, 6) is -7.27.